The number of nitrogens with one attached hydrogen (secondary N) is 1. The van der Waals surface area contributed by atoms with Crippen molar-refractivity contribution in [1.82, 2.24) is 14.8 Å². The summed E-state index contributed by atoms with van der Waals surface area (Å²) in [5.74, 6) is 0.0922. The van der Waals surface area contributed by atoms with Crippen molar-refractivity contribution in [1.29, 1.82) is 0 Å². The number of thioether (sulfide) groups is 1. The van der Waals surface area contributed by atoms with Crippen LogP contribution in [0, 0.1) is 6.92 Å². The second-order valence-electron chi connectivity index (χ2n) is 4.28. The lowest BCUT2D eigenvalue weighted by Crippen LogP contribution is -2.34. The van der Waals surface area contributed by atoms with Crippen LogP contribution in [0.3, 0.4) is 0 Å². The average Bonchev–Trinajstić information content (AvgIpc) is 2.41. The number of hydrogen-bond donors (Lipinski definition) is 1. The van der Waals surface area contributed by atoms with E-state index in [2.05, 4.69) is 10.1 Å². The lowest BCUT2D eigenvalue weighted by atomic mass is 10.1. The fraction of sp³-hybridized carbons (Fsp3) is 0.231. The van der Waals surface area contributed by atoms with Crippen molar-refractivity contribution < 1.29 is 4.79 Å². The van der Waals surface area contributed by atoms with E-state index in [1.54, 1.807) is 13.1 Å². The van der Waals surface area contributed by atoms with E-state index in [1.165, 1.54) is 4.68 Å². The van der Waals surface area contributed by atoms with Crippen LogP contribution in [-0.2, 0) is 7.05 Å². The quantitative estimate of drug-likeness (QED) is 0.510. The summed E-state index contributed by atoms with van der Waals surface area (Å²) < 4.78 is 1.33. The van der Waals surface area contributed by atoms with E-state index in [0.717, 1.165) is 17.3 Å². The van der Waals surface area contributed by atoms with Crippen LogP contribution in [0.2, 0.25) is 0 Å². The highest BCUT2D eigenvalue weighted by Crippen LogP contribution is 2.14. The minimum absolute atomic E-state index is 0.0563. The molecule has 1 N–H and O–H groups in total. The van der Waals surface area contributed by atoms with E-state index in [1.807, 2.05) is 25.1 Å². The first-order valence-corrected chi connectivity index (χ1v) is 6.86. The van der Waals surface area contributed by atoms with Gasteiger partial charge in [-0.2, -0.15) is 4.98 Å². The molecule has 1 aromatic carbocycles. The molecule has 6 nitrogen and oxygen atoms in total. The van der Waals surface area contributed by atoms with E-state index in [9.17, 15) is 14.4 Å². The van der Waals surface area contributed by atoms with Gasteiger partial charge in [-0.25, -0.2) is 0 Å². The number of nitrogens with zero attached hydrogens (tertiary/aromatic N) is 2. The minimum Gasteiger partial charge on any atom is -0.293 e. The van der Waals surface area contributed by atoms with Gasteiger partial charge in [0.05, 0.1) is 5.75 Å². The summed E-state index contributed by atoms with van der Waals surface area (Å²) >= 11 is 1.11. The Bertz CT molecular complexity index is 764. The van der Waals surface area contributed by atoms with Crippen LogP contribution in [-0.4, -0.2) is 26.3 Å². The smallest absolute Gasteiger partial charge is 0.293 e. The Kier molecular flexibility index (Phi) is 4.19. The molecule has 0 amide bonds. The molecule has 1 aromatic heterocycles. The first-order chi connectivity index (χ1) is 9.47. The van der Waals surface area contributed by atoms with Crippen LogP contribution in [0.25, 0.3) is 0 Å². The third kappa shape index (κ3) is 3.24. The molecular formula is C13H13N3O3S. The van der Waals surface area contributed by atoms with Crippen LogP contribution in [0.5, 0.6) is 0 Å². The highest BCUT2D eigenvalue weighted by molar-refractivity contribution is 7.99. The molecule has 0 aliphatic heterocycles. The predicted octanol–water partition coefficient (Wildman–Crippen LogP) is 0.752. The third-order valence-corrected chi connectivity index (χ3v) is 3.65. The molecule has 0 saturated heterocycles. The maximum absolute atomic E-state index is 12.0. The molecule has 0 bridgehead atoms. The van der Waals surface area contributed by atoms with Crippen LogP contribution in [0.15, 0.2) is 39.0 Å². The minimum atomic E-state index is -0.853. The molecule has 0 aliphatic carbocycles. The molecule has 7 heteroatoms. The Morgan fingerprint density at radius 2 is 2.15 bits per heavy atom. The van der Waals surface area contributed by atoms with Gasteiger partial charge in [0.25, 0.3) is 0 Å². The number of carbonyl (C=O) groups excluding carboxylic acids is 1. The molecule has 1 heterocycles. The van der Waals surface area contributed by atoms with Crippen molar-refractivity contribution in [2.45, 2.75) is 12.1 Å². The van der Waals surface area contributed by atoms with Gasteiger partial charge in [-0.1, -0.05) is 35.5 Å². The van der Waals surface area contributed by atoms with Gasteiger partial charge in [0.15, 0.2) is 10.9 Å². The average molecular weight is 291 g/mol. The molecule has 0 atom stereocenters. The van der Waals surface area contributed by atoms with Gasteiger partial charge in [0.1, 0.15) is 0 Å². The monoisotopic (exact) mass is 291 g/mol. The Morgan fingerprint density at radius 1 is 1.40 bits per heavy atom. The van der Waals surface area contributed by atoms with Gasteiger partial charge in [0, 0.05) is 12.6 Å². The number of hydrogen-bond acceptors (Lipinski definition) is 5. The Hall–Kier alpha value is -2.15. The zero-order chi connectivity index (χ0) is 14.7. The third-order valence-electron chi connectivity index (χ3n) is 2.62. The van der Waals surface area contributed by atoms with E-state index in [0.29, 0.717) is 10.7 Å². The van der Waals surface area contributed by atoms with Gasteiger partial charge in [0.2, 0.25) is 0 Å². The Morgan fingerprint density at radius 3 is 2.85 bits per heavy atom. The standard InChI is InChI=1S/C13H13N3O3S/c1-8-4-3-5-9(6-8)10(17)7-20-13-14-11(18)12(19)15-16(13)2/h3-6H,7H2,1-2H3,(H,15,19). The first kappa shape index (κ1) is 14.3. The van der Waals surface area contributed by atoms with Gasteiger partial charge in [-0.05, 0) is 13.0 Å². The lowest BCUT2D eigenvalue weighted by Gasteiger charge is -2.05. The van der Waals surface area contributed by atoms with E-state index in [4.69, 9.17) is 0 Å². The maximum atomic E-state index is 12.0. The van der Waals surface area contributed by atoms with Crippen LogP contribution < -0.4 is 11.1 Å². The lowest BCUT2D eigenvalue weighted by molar-refractivity contribution is 0.102. The van der Waals surface area contributed by atoms with Crippen molar-refractivity contribution in [3.05, 3.63) is 56.1 Å². The summed E-state index contributed by atoms with van der Waals surface area (Å²) in [4.78, 5) is 37.9. The van der Waals surface area contributed by atoms with Crippen molar-refractivity contribution >= 4 is 17.5 Å². The summed E-state index contributed by atoms with van der Waals surface area (Å²) in [7, 11) is 1.56. The van der Waals surface area contributed by atoms with E-state index < -0.39 is 11.1 Å². The SMILES string of the molecule is Cc1cccc(C(=O)CSc2nc(=O)c(=O)[nH]n2C)c1. The van der Waals surface area contributed by atoms with Crippen molar-refractivity contribution in [3.63, 3.8) is 0 Å². The van der Waals surface area contributed by atoms with Gasteiger partial charge < -0.3 is 0 Å². The number of Topliss-reactive ketones (excluding diaryl/α,β-unsaturated/α-hetero) is 1. The second kappa shape index (κ2) is 5.87. The number of H-pyrrole nitrogens is 1. The normalized spacial score (nSPS) is 10.5. The van der Waals surface area contributed by atoms with Gasteiger partial charge in [-0.15, -0.1) is 0 Å². The van der Waals surface area contributed by atoms with Gasteiger partial charge in [-0.3, -0.25) is 24.2 Å². The number of carbonyl (C=O) groups is 1. The summed E-state index contributed by atoms with van der Waals surface area (Å²) in [5, 5.41) is 2.64. The Labute approximate surface area is 118 Å². The van der Waals surface area contributed by atoms with E-state index in [-0.39, 0.29) is 11.5 Å². The van der Waals surface area contributed by atoms with Crippen LogP contribution in [0.1, 0.15) is 15.9 Å². The van der Waals surface area contributed by atoms with Gasteiger partial charge >= 0.3 is 11.1 Å². The maximum Gasteiger partial charge on any atom is 0.339 e. The fourth-order valence-corrected chi connectivity index (χ4v) is 2.44. The van der Waals surface area contributed by atoms with Crippen molar-refractivity contribution in [2.75, 3.05) is 5.75 Å². The molecule has 0 spiro atoms. The molecule has 0 saturated carbocycles. The number of aryl methyl sites for hydroxylation is 2. The second-order valence-corrected chi connectivity index (χ2v) is 5.22. The topological polar surface area (TPSA) is 84.8 Å². The molecule has 0 radical (unpaired) electrons. The van der Waals surface area contributed by atoms with Crippen molar-refractivity contribution in [3.8, 4) is 0 Å². The number of aromatic amines is 1. The summed E-state index contributed by atoms with van der Waals surface area (Å²) in [6.45, 7) is 1.91. The van der Waals surface area contributed by atoms with E-state index >= 15 is 0 Å². The number of ketones is 1. The highest BCUT2D eigenvalue weighted by atomic mass is 32.2. The molecule has 104 valence electrons. The largest absolute Gasteiger partial charge is 0.339 e. The number of benzene rings is 1. The highest BCUT2D eigenvalue weighted by Gasteiger charge is 2.10. The zero-order valence-electron chi connectivity index (χ0n) is 11.0. The molecule has 0 fully saturated rings. The fourth-order valence-electron chi connectivity index (χ4n) is 1.62. The molecule has 0 unspecified atom stereocenters. The molecule has 2 aromatic rings. The molecule has 20 heavy (non-hydrogen) atoms. The Balaban J connectivity index is 2.13. The molecule has 2 rings (SSSR count). The number of aromatic nitrogens is 3. The molecule has 0 aliphatic rings. The van der Waals surface area contributed by atoms with Crippen LogP contribution in [0.4, 0.5) is 0 Å². The molecular weight excluding hydrogens is 278 g/mol. The summed E-state index contributed by atoms with van der Waals surface area (Å²) in [6.07, 6.45) is 0. The predicted molar refractivity (Wildman–Crippen MR) is 76.3 cm³/mol. The van der Waals surface area contributed by atoms with Crippen molar-refractivity contribution in [2.24, 2.45) is 7.05 Å². The summed E-state index contributed by atoms with van der Waals surface area (Å²) in [5.41, 5.74) is -0.00203. The van der Waals surface area contributed by atoms with Crippen LogP contribution >= 0.6 is 11.8 Å². The number of rotatable bonds is 4. The first-order valence-electron chi connectivity index (χ1n) is 5.87. The summed E-state index contributed by atoms with van der Waals surface area (Å²) in [6, 6.07) is 7.29. The zero-order valence-corrected chi connectivity index (χ0v) is 11.9.